The summed E-state index contributed by atoms with van der Waals surface area (Å²) >= 11 is 0. The van der Waals surface area contributed by atoms with Gasteiger partial charge in [-0.3, -0.25) is 4.90 Å². The highest BCUT2D eigenvalue weighted by Gasteiger charge is 2.36. The predicted molar refractivity (Wildman–Crippen MR) is 92.4 cm³/mol. The third kappa shape index (κ3) is 1.93. The van der Waals surface area contributed by atoms with E-state index in [4.69, 9.17) is 9.97 Å². The van der Waals surface area contributed by atoms with E-state index in [1.165, 1.54) is 29.5 Å². The van der Waals surface area contributed by atoms with Crippen molar-refractivity contribution in [1.82, 2.24) is 14.9 Å². The SMILES string of the molecule is Cc1ccc2nc3c(nc2c1)C(N1CCCC1)c1ccccc1-3. The lowest BCUT2D eigenvalue weighted by Crippen LogP contribution is -2.25. The van der Waals surface area contributed by atoms with Gasteiger partial charge >= 0.3 is 0 Å². The van der Waals surface area contributed by atoms with E-state index in [1.807, 2.05) is 0 Å². The Kier molecular flexibility index (Phi) is 2.79. The number of likely N-dealkylation sites (tertiary alicyclic amines) is 1. The van der Waals surface area contributed by atoms with E-state index in [0.717, 1.165) is 35.5 Å². The summed E-state index contributed by atoms with van der Waals surface area (Å²) in [5.74, 6) is 0. The summed E-state index contributed by atoms with van der Waals surface area (Å²) in [6.45, 7) is 4.43. The van der Waals surface area contributed by atoms with Gasteiger partial charge in [-0.2, -0.15) is 0 Å². The average Bonchev–Trinajstić information content (AvgIpc) is 3.18. The summed E-state index contributed by atoms with van der Waals surface area (Å²) in [5, 5.41) is 0. The molecule has 114 valence electrons. The first kappa shape index (κ1) is 13.2. The Bertz CT molecular complexity index is 910. The minimum Gasteiger partial charge on any atom is -0.291 e. The molecule has 3 heteroatoms. The molecule has 3 aromatic rings. The van der Waals surface area contributed by atoms with Gasteiger partial charge in [0.2, 0.25) is 0 Å². The van der Waals surface area contributed by atoms with Crippen LogP contribution in [0.3, 0.4) is 0 Å². The molecule has 23 heavy (non-hydrogen) atoms. The van der Waals surface area contributed by atoms with E-state index >= 15 is 0 Å². The number of aromatic nitrogens is 2. The van der Waals surface area contributed by atoms with Crippen molar-refractivity contribution in [1.29, 1.82) is 0 Å². The van der Waals surface area contributed by atoms with Gasteiger partial charge in [-0.1, -0.05) is 30.3 Å². The molecule has 2 aromatic carbocycles. The topological polar surface area (TPSA) is 29.0 Å². The number of aryl methyl sites for hydroxylation is 1. The molecule has 0 spiro atoms. The second-order valence-corrected chi connectivity index (χ2v) is 6.68. The molecule has 1 fully saturated rings. The van der Waals surface area contributed by atoms with Crippen molar-refractivity contribution in [3.05, 3.63) is 59.3 Å². The lowest BCUT2D eigenvalue weighted by molar-refractivity contribution is 0.281. The van der Waals surface area contributed by atoms with Crippen LogP contribution in [0.15, 0.2) is 42.5 Å². The quantitative estimate of drug-likeness (QED) is 0.677. The van der Waals surface area contributed by atoms with Gasteiger partial charge in [-0.15, -0.1) is 0 Å². The van der Waals surface area contributed by atoms with Crippen LogP contribution < -0.4 is 0 Å². The van der Waals surface area contributed by atoms with Crippen LogP contribution >= 0.6 is 0 Å². The zero-order chi connectivity index (χ0) is 15.4. The molecule has 1 unspecified atom stereocenters. The smallest absolute Gasteiger partial charge is 0.0948 e. The molecule has 0 bridgehead atoms. The Labute approximate surface area is 136 Å². The molecule has 5 rings (SSSR count). The molecule has 1 saturated heterocycles. The molecule has 2 aliphatic rings. The highest BCUT2D eigenvalue weighted by Crippen LogP contribution is 2.45. The molecule has 1 aliphatic carbocycles. The first-order valence-electron chi connectivity index (χ1n) is 8.43. The molecule has 1 aliphatic heterocycles. The van der Waals surface area contributed by atoms with Gasteiger partial charge in [0, 0.05) is 5.56 Å². The van der Waals surface area contributed by atoms with Gasteiger partial charge < -0.3 is 0 Å². The Morgan fingerprint density at radius 1 is 0.957 bits per heavy atom. The average molecular weight is 301 g/mol. The monoisotopic (exact) mass is 301 g/mol. The normalized spacial score (nSPS) is 20.0. The molecule has 1 aromatic heterocycles. The fourth-order valence-corrected chi connectivity index (χ4v) is 4.03. The van der Waals surface area contributed by atoms with Crippen molar-refractivity contribution < 1.29 is 0 Å². The summed E-state index contributed by atoms with van der Waals surface area (Å²) in [5.41, 5.74) is 8.10. The lowest BCUT2D eigenvalue weighted by Gasteiger charge is -2.24. The van der Waals surface area contributed by atoms with E-state index in [9.17, 15) is 0 Å². The standard InChI is InChI=1S/C20H19N3/c1-13-8-9-16-17(12-13)22-19-18(21-16)14-6-2-3-7-15(14)20(19)23-10-4-5-11-23/h2-3,6-9,12,20H,4-5,10-11H2,1H3. The van der Waals surface area contributed by atoms with Crippen molar-refractivity contribution in [3.8, 4) is 11.3 Å². The van der Waals surface area contributed by atoms with Crippen LogP contribution in [0.25, 0.3) is 22.3 Å². The highest BCUT2D eigenvalue weighted by molar-refractivity contribution is 5.83. The van der Waals surface area contributed by atoms with Gasteiger partial charge in [-0.05, 0) is 56.1 Å². The van der Waals surface area contributed by atoms with Crippen LogP contribution in [0, 0.1) is 6.92 Å². The molecule has 3 nitrogen and oxygen atoms in total. The Hall–Kier alpha value is -2.26. The first-order chi connectivity index (χ1) is 11.3. The van der Waals surface area contributed by atoms with Crippen molar-refractivity contribution in [2.75, 3.05) is 13.1 Å². The summed E-state index contributed by atoms with van der Waals surface area (Å²) in [6, 6.07) is 15.3. The highest BCUT2D eigenvalue weighted by atomic mass is 15.2. The van der Waals surface area contributed by atoms with Crippen molar-refractivity contribution in [3.63, 3.8) is 0 Å². The number of fused-ring (bicyclic) bond motifs is 4. The van der Waals surface area contributed by atoms with E-state index < -0.39 is 0 Å². The Morgan fingerprint density at radius 2 is 1.78 bits per heavy atom. The van der Waals surface area contributed by atoms with Crippen molar-refractivity contribution >= 4 is 11.0 Å². The van der Waals surface area contributed by atoms with Crippen LogP contribution in [0.5, 0.6) is 0 Å². The van der Waals surface area contributed by atoms with Crippen LogP contribution in [0.1, 0.15) is 35.7 Å². The predicted octanol–water partition coefficient (Wildman–Crippen LogP) is 4.10. The summed E-state index contributed by atoms with van der Waals surface area (Å²) < 4.78 is 0. The third-order valence-electron chi connectivity index (χ3n) is 5.12. The van der Waals surface area contributed by atoms with Gasteiger partial charge in [0.05, 0.1) is 28.5 Å². The Balaban J connectivity index is 1.78. The summed E-state index contributed by atoms with van der Waals surface area (Å²) in [6.07, 6.45) is 2.57. The van der Waals surface area contributed by atoms with Gasteiger partial charge in [0.15, 0.2) is 0 Å². The zero-order valence-corrected chi connectivity index (χ0v) is 13.3. The summed E-state index contributed by atoms with van der Waals surface area (Å²) in [7, 11) is 0. The van der Waals surface area contributed by atoms with Crippen LogP contribution in [-0.2, 0) is 0 Å². The number of hydrogen-bond acceptors (Lipinski definition) is 3. The molecular formula is C20H19N3. The molecule has 1 atom stereocenters. The number of rotatable bonds is 1. The maximum Gasteiger partial charge on any atom is 0.0948 e. The van der Waals surface area contributed by atoms with Crippen LogP contribution in [-0.4, -0.2) is 28.0 Å². The molecule has 0 saturated carbocycles. The molecule has 0 N–H and O–H groups in total. The van der Waals surface area contributed by atoms with Gasteiger partial charge in [-0.25, -0.2) is 9.97 Å². The largest absolute Gasteiger partial charge is 0.291 e. The molecular weight excluding hydrogens is 282 g/mol. The zero-order valence-electron chi connectivity index (χ0n) is 13.3. The second kappa shape index (κ2) is 4.87. The fourth-order valence-electron chi connectivity index (χ4n) is 4.03. The van der Waals surface area contributed by atoms with Crippen molar-refractivity contribution in [2.45, 2.75) is 25.8 Å². The molecule has 2 heterocycles. The maximum atomic E-state index is 5.05. The lowest BCUT2D eigenvalue weighted by atomic mass is 10.1. The number of nitrogens with zero attached hydrogens (tertiary/aromatic N) is 3. The van der Waals surface area contributed by atoms with E-state index in [1.54, 1.807) is 0 Å². The van der Waals surface area contributed by atoms with Gasteiger partial charge in [0.25, 0.3) is 0 Å². The van der Waals surface area contributed by atoms with Gasteiger partial charge in [0.1, 0.15) is 0 Å². The van der Waals surface area contributed by atoms with E-state index in [-0.39, 0.29) is 6.04 Å². The second-order valence-electron chi connectivity index (χ2n) is 6.68. The summed E-state index contributed by atoms with van der Waals surface area (Å²) in [4.78, 5) is 12.6. The molecule has 0 amide bonds. The first-order valence-corrected chi connectivity index (χ1v) is 8.43. The fraction of sp³-hybridized carbons (Fsp3) is 0.300. The minimum atomic E-state index is 0.279. The van der Waals surface area contributed by atoms with Crippen LogP contribution in [0.4, 0.5) is 0 Å². The number of hydrogen-bond donors (Lipinski definition) is 0. The third-order valence-corrected chi connectivity index (χ3v) is 5.12. The number of benzene rings is 2. The van der Waals surface area contributed by atoms with E-state index in [2.05, 4.69) is 54.3 Å². The molecule has 0 radical (unpaired) electrons. The maximum absolute atomic E-state index is 5.05. The minimum absolute atomic E-state index is 0.279. The van der Waals surface area contributed by atoms with Crippen molar-refractivity contribution in [2.24, 2.45) is 0 Å². The Morgan fingerprint density at radius 3 is 2.65 bits per heavy atom. The van der Waals surface area contributed by atoms with E-state index in [0.29, 0.717) is 0 Å². The van der Waals surface area contributed by atoms with Crippen LogP contribution in [0.2, 0.25) is 0 Å².